The molecule has 1 spiro atoms. The highest BCUT2D eigenvalue weighted by Crippen LogP contribution is 2.67. The van der Waals surface area contributed by atoms with E-state index in [9.17, 15) is 0 Å². The maximum absolute atomic E-state index is 2.49. The molecule has 0 saturated carbocycles. The van der Waals surface area contributed by atoms with E-state index in [0.717, 1.165) is 34.1 Å². The van der Waals surface area contributed by atoms with Crippen molar-refractivity contribution in [2.45, 2.75) is 5.41 Å². The molecular weight excluding hydrogens is 617 g/mol. The molecule has 0 N–H and O–H groups in total. The summed E-state index contributed by atoms with van der Waals surface area (Å²) in [4.78, 5) is 4.92. The van der Waals surface area contributed by atoms with E-state index in [2.05, 4.69) is 216 Å². The quantitative estimate of drug-likeness (QED) is 0.177. The molecule has 2 heteroatoms. The van der Waals surface area contributed by atoms with Crippen LogP contribution < -0.4 is 9.80 Å². The van der Waals surface area contributed by atoms with E-state index in [4.69, 9.17) is 0 Å². The van der Waals surface area contributed by atoms with E-state index >= 15 is 0 Å². The SMILES string of the molecule is c1ccc(N(c2ccccc2)c2ccc3c(c2N(c2ccccc2)c2ccccc2)C2(c4ccccc4-c4ccccc42)c2ccccc2-3)cc1. The zero-order valence-electron chi connectivity index (χ0n) is 28.0. The third-order valence-electron chi connectivity index (χ3n) is 10.6. The van der Waals surface area contributed by atoms with Crippen molar-refractivity contribution in [1.82, 2.24) is 0 Å². The fourth-order valence-corrected chi connectivity index (χ4v) is 8.71. The van der Waals surface area contributed by atoms with Gasteiger partial charge in [-0.25, -0.2) is 0 Å². The molecule has 2 aliphatic carbocycles. The highest BCUT2D eigenvalue weighted by atomic mass is 15.2. The Morgan fingerprint density at radius 3 is 1.02 bits per heavy atom. The summed E-state index contributed by atoms with van der Waals surface area (Å²) in [5.74, 6) is 0. The van der Waals surface area contributed by atoms with Gasteiger partial charge in [0.15, 0.2) is 0 Å². The average Bonchev–Trinajstić information content (AvgIpc) is 3.68. The molecule has 0 radical (unpaired) electrons. The number of fused-ring (bicyclic) bond motifs is 10. The van der Waals surface area contributed by atoms with Gasteiger partial charge in [0.1, 0.15) is 0 Å². The number of nitrogens with zero attached hydrogens (tertiary/aromatic N) is 2. The predicted octanol–water partition coefficient (Wildman–Crippen LogP) is 13.0. The zero-order valence-corrected chi connectivity index (χ0v) is 28.0. The van der Waals surface area contributed by atoms with Crippen molar-refractivity contribution in [2.75, 3.05) is 9.80 Å². The second kappa shape index (κ2) is 11.8. The molecule has 8 aromatic carbocycles. The molecule has 0 saturated heterocycles. The van der Waals surface area contributed by atoms with Gasteiger partial charge in [-0.1, -0.05) is 152 Å². The van der Waals surface area contributed by atoms with E-state index in [1.807, 2.05) is 0 Å². The van der Waals surface area contributed by atoms with Gasteiger partial charge in [-0.05, 0) is 93.5 Å². The predicted molar refractivity (Wildman–Crippen MR) is 212 cm³/mol. The Morgan fingerprint density at radius 2 is 0.608 bits per heavy atom. The summed E-state index contributed by atoms with van der Waals surface area (Å²) < 4.78 is 0. The summed E-state index contributed by atoms with van der Waals surface area (Å²) in [5, 5.41) is 0. The Morgan fingerprint density at radius 1 is 0.275 bits per heavy atom. The fourth-order valence-electron chi connectivity index (χ4n) is 8.71. The lowest BCUT2D eigenvalue weighted by atomic mass is 9.69. The molecule has 0 heterocycles. The molecule has 0 fully saturated rings. The van der Waals surface area contributed by atoms with Crippen LogP contribution >= 0.6 is 0 Å². The van der Waals surface area contributed by atoms with Crippen LogP contribution in [-0.2, 0) is 5.41 Å². The Hall–Kier alpha value is -6.64. The topological polar surface area (TPSA) is 6.48 Å². The smallest absolute Gasteiger partial charge is 0.0756 e. The van der Waals surface area contributed by atoms with E-state index in [1.165, 1.54) is 44.5 Å². The van der Waals surface area contributed by atoms with Gasteiger partial charge in [0.05, 0.1) is 16.8 Å². The number of hydrogen-bond donors (Lipinski definition) is 0. The van der Waals surface area contributed by atoms with Crippen LogP contribution in [0.3, 0.4) is 0 Å². The fraction of sp³-hybridized carbons (Fsp3) is 0.0204. The van der Waals surface area contributed by atoms with Crippen molar-refractivity contribution < 1.29 is 0 Å². The van der Waals surface area contributed by atoms with Gasteiger partial charge in [-0.15, -0.1) is 0 Å². The molecule has 2 aliphatic rings. The maximum atomic E-state index is 2.49. The first-order valence-electron chi connectivity index (χ1n) is 17.6. The third kappa shape index (κ3) is 4.30. The van der Waals surface area contributed by atoms with Crippen molar-refractivity contribution in [3.05, 3.63) is 229 Å². The minimum atomic E-state index is -0.550. The second-order valence-corrected chi connectivity index (χ2v) is 13.3. The van der Waals surface area contributed by atoms with Crippen LogP contribution in [0.2, 0.25) is 0 Å². The molecule has 51 heavy (non-hydrogen) atoms. The first-order valence-corrected chi connectivity index (χ1v) is 17.6. The Labute approximate surface area is 299 Å². The Balaban J connectivity index is 1.42. The molecule has 0 unspecified atom stereocenters. The molecule has 8 aromatic rings. The molecule has 0 bridgehead atoms. The number of para-hydroxylation sites is 4. The van der Waals surface area contributed by atoms with Gasteiger partial charge in [-0.2, -0.15) is 0 Å². The number of anilines is 6. The molecule has 2 nitrogen and oxygen atoms in total. The molecule has 0 amide bonds. The van der Waals surface area contributed by atoms with E-state index < -0.39 is 5.41 Å². The molecule has 0 atom stereocenters. The van der Waals surface area contributed by atoms with Crippen molar-refractivity contribution in [3.8, 4) is 22.3 Å². The standard InChI is InChI=1S/C49H34N2/c1-5-19-35(20-6-1)50(36-21-7-2-8-22-36)46-34-33-42-41-29-15-18-32-45(41)49(43-30-16-13-27-39(43)40-28-14-17-31-44(40)49)47(42)48(46)51(37-23-9-3-10-24-37)38-25-11-4-12-26-38/h1-34H. The first kappa shape index (κ1) is 29.3. The van der Waals surface area contributed by atoms with Crippen molar-refractivity contribution >= 4 is 34.1 Å². The van der Waals surface area contributed by atoms with Crippen LogP contribution in [-0.4, -0.2) is 0 Å². The molecule has 0 aromatic heterocycles. The number of rotatable bonds is 6. The van der Waals surface area contributed by atoms with Gasteiger partial charge in [0.2, 0.25) is 0 Å². The highest BCUT2D eigenvalue weighted by molar-refractivity contribution is 6.04. The Bertz CT molecular complexity index is 2380. The lowest BCUT2D eigenvalue weighted by Gasteiger charge is -2.39. The van der Waals surface area contributed by atoms with Crippen LogP contribution in [0.1, 0.15) is 22.3 Å². The van der Waals surface area contributed by atoms with E-state index in [-0.39, 0.29) is 0 Å². The summed E-state index contributed by atoms with van der Waals surface area (Å²) in [6, 6.07) is 75.2. The average molecular weight is 651 g/mol. The van der Waals surface area contributed by atoms with Crippen molar-refractivity contribution in [2.24, 2.45) is 0 Å². The van der Waals surface area contributed by atoms with Crippen molar-refractivity contribution in [1.29, 1.82) is 0 Å². The summed E-state index contributed by atoms with van der Waals surface area (Å²) in [6.45, 7) is 0. The van der Waals surface area contributed by atoms with Gasteiger partial charge >= 0.3 is 0 Å². The first-order chi connectivity index (χ1) is 25.4. The maximum Gasteiger partial charge on any atom is 0.0756 e. The van der Waals surface area contributed by atoms with Crippen LogP contribution in [0.5, 0.6) is 0 Å². The number of hydrogen-bond acceptors (Lipinski definition) is 2. The third-order valence-corrected chi connectivity index (χ3v) is 10.6. The lowest BCUT2D eigenvalue weighted by Crippen LogP contribution is -2.29. The highest BCUT2D eigenvalue weighted by Gasteiger charge is 2.54. The minimum absolute atomic E-state index is 0.550. The van der Waals surface area contributed by atoms with Gasteiger partial charge < -0.3 is 9.80 Å². The molecule has 0 aliphatic heterocycles. The summed E-state index contributed by atoms with van der Waals surface area (Å²) >= 11 is 0. The monoisotopic (exact) mass is 650 g/mol. The van der Waals surface area contributed by atoms with Gasteiger partial charge in [0, 0.05) is 28.3 Å². The summed E-state index contributed by atoms with van der Waals surface area (Å²) in [5.41, 5.74) is 16.5. The van der Waals surface area contributed by atoms with E-state index in [1.54, 1.807) is 0 Å². The lowest BCUT2D eigenvalue weighted by molar-refractivity contribution is 0.793. The molecular formula is C49H34N2. The van der Waals surface area contributed by atoms with Crippen LogP contribution in [0.15, 0.2) is 206 Å². The van der Waals surface area contributed by atoms with E-state index in [0.29, 0.717) is 0 Å². The van der Waals surface area contributed by atoms with Crippen LogP contribution in [0, 0.1) is 0 Å². The summed E-state index contributed by atoms with van der Waals surface area (Å²) in [6.07, 6.45) is 0. The Kier molecular flexibility index (Phi) is 6.75. The van der Waals surface area contributed by atoms with Gasteiger partial charge in [0.25, 0.3) is 0 Å². The van der Waals surface area contributed by atoms with Gasteiger partial charge in [-0.3, -0.25) is 0 Å². The van der Waals surface area contributed by atoms with Crippen LogP contribution in [0.25, 0.3) is 22.3 Å². The molecule has 240 valence electrons. The van der Waals surface area contributed by atoms with Crippen LogP contribution in [0.4, 0.5) is 34.1 Å². The summed E-state index contributed by atoms with van der Waals surface area (Å²) in [7, 11) is 0. The number of benzene rings is 8. The molecule has 10 rings (SSSR count). The largest absolute Gasteiger partial charge is 0.308 e. The zero-order chi connectivity index (χ0) is 33.8. The minimum Gasteiger partial charge on any atom is -0.308 e. The van der Waals surface area contributed by atoms with Crippen molar-refractivity contribution in [3.63, 3.8) is 0 Å². The normalized spacial score (nSPS) is 12.9. The second-order valence-electron chi connectivity index (χ2n) is 13.3.